The van der Waals surface area contributed by atoms with Crippen LogP contribution in [0.5, 0.6) is 34.5 Å². The molecule has 11 aromatic rings. The van der Waals surface area contributed by atoms with Gasteiger partial charge in [0.15, 0.2) is 52.1 Å². The van der Waals surface area contributed by atoms with Crippen molar-refractivity contribution in [3.8, 4) is 45.6 Å². The minimum atomic E-state index is -4.36. The Morgan fingerprint density at radius 1 is 0.267 bits per heavy atom. The molecule has 11 rings (SSSR count). The zero-order chi connectivity index (χ0) is 76.1. The summed E-state index contributed by atoms with van der Waals surface area (Å²) in [6.07, 6.45) is 0. The van der Waals surface area contributed by atoms with E-state index in [1.165, 1.54) is 130 Å². The van der Waals surface area contributed by atoms with Crippen molar-refractivity contribution in [1.82, 2.24) is 0 Å². The molecular formula is C73H34F20O8S4. The molecule has 0 atom stereocenters. The summed E-state index contributed by atoms with van der Waals surface area (Å²) in [4.78, 5) is 54.9. The molecular weight excluding hydrogens is 1510 g/mol. The van der Waals surface area contributed by atoms with Crippen molar-refractivity contribution in [1.29, 1.82) is 0 Å². The van der Waals surface area contributed by atoms with E-state index in [2.05, 4.69) is 0 Å². The minimum Gasteiger partial charge on any atom is -0.447 e. The van der Waals surface area contributed by atoms with Crippen LogP contribution < -0.4 is 14.2 Å². The van der Waals surface area contributed by atoms with Crippen molar-refractivity contribution in [2.75, 3.05) is 0 Å². The smallest absolute Gasteiger partial charge is 0.350 e. The topological polar surface area (TPSA) is 105 Å². The Balaban J connectivity index is 1.26. The van der Waals surface area contributed by atoms with Crippen molar-refractivity contribution in [3.05, 3.63) is 290 Å². The lowest BCUT2D eigenvalue weighted by Crippen LogP contribution is -2.17. The van der Waals surface area contributed by atoms with E-state index in [4.69, 9.17) is 18.4 Å². The van der Waals surface area contributed by atoms with Crippen LogP contribution in [-0.4, -0.2) is 23.3 Å². The molecule has 0 saturated heterocycles. The van der Waals surface area contributed by atoms with Crippen LogP contribution in [0.3, 0.4) is 0 Å². The molecule has 0 radical (unpaired) electrons. The minimum absolute atomic E-state index is 0.201. The molecule has 0 saturated carbocycles. The molecule has 0 bridgehead atoms. The molecule has 8 nitrogen and oxygen atoms in total. The molecule has 0 fully saturated rings. The third-order valence-corrected chi connectivity index (χ3v) is 21.4. The van der Waals surface area contributed by atoms with Gasteiger partial charge in [-0.2, -0.15) is 26.3 Å². The number of ether oxygens (including phenoxy) is 3. The summed E-state index contributed by atoms with van der Waals surface area (Å²) in [6.45, 7) is 3.93. The number of carbonyl (C=O) groups is 4. The molecule has 32 heteroatoms. The van der Waals surface area contributed by atoms with Crippen LogP contribution in [-0.2, 0) is 4.18 Å². The van der Waals surface area contributed by atoms with Crippen LogP contribution in [0.2, 0.25) is 0 Å². The normalized spacial score (nSPS) is 11.6. The van der Waals surface area contributed by atoms with E-state index in [0.717, 1.165) is 35.3 Å². The molecule has 0 aromatic heterocycles. The molecule has 0 aliphatic heterocycles. The van der Waals surface area contributed by atoms with Crippen LogP contribution in [0, 0.1) is 116 Å². The fourth-order valence-corrected chi connectivity index (χ4v) is 15.4. The Morgan fingerprint density at radius 2 is 0.495 bits per heavy atom. The molecule has 0 aliphatic carbocycles. The Hall–Kier alpha value is -10.7. The maximum absolute atomic E-state index is 17.1. The van der Waals surface area contributed by atoms with Gasteiger partial charge in [0.05, 0.1) is 11.1 Å². The molecule has 0 heterocycles. The highest BCUT2D eigenvalue weighted by Gasteiger charge is 2.43. The second-order valence-electron chi connectivity index (χ2n) is 21.8. The Bertz CT molecular complexity index is 5020. The van der Waals surface area contributed by atoms with E-state index < -0.39 is 190 Å². The van der Waals surface area contributed by atoms with Crippen LogP contribution in [0.25, 0.3) is 11.1 Å². The second-order valence-corrected chi connectivity index (χ2v) is 27.9. The summed E-state index contributed by atoms with van der Waals surface area (Å²) in [5, 5.41) is 0. The number of Topliss-reactive ketones (excluding diaryl/α,β-unsaturated/α-hetero) is 3. The van der Waals surface area contributed by atoms with Gasteiger partial charge < -0.3 is 18.4 Å². The summed E-state index contributed by atoms with van der Waals surface area (Å²) in [5.74, 6) is -82.0. The van der Waals surface area contributed by atoms with Crippen molar-refractivity contribution in [2.45, 2.75) is 64.8 Å². The van der Waals surface area contributed by atoms with Crippen molar-refractivity contribution >= 4 is 68.9 Å². The van der Waals surface area contributed by atoms with Gasteiger partial charge in [0, 0.05) is 72.4 Å². The van der Waals surface area contributed by atoms with Gasteiger partial charge in [-0.05, 0) is 140 Å². The van der Waals surface area contributed by atoms with E-state index >= 15 is 79.4 Å². The molecule has 538 valence electrons. The molecule has 0 amide bonds. The van der Waals surface area contributed by atoms with Gasteiger partial charge in [-0.1, -0.05) is 71.7 Å². The van der Waals surface area contributed by atoms with Crippen LogP contribution in [0.15, 0.2) is 196 Å². The highest BCUT2D eigenvalue weighted by atomic mass is 32.3. The van der Waals surface area contributed by atoms with Crippen molar-refractivity contribution < 1.29 is 125 Å². The monoisotopic (exact) mass is 1550 g/mol. The number of hydrogen-bond donors (Lipinski definition) is 0. The van der Waals surface area contributed by atoms with Crippen molar-refractivity contribution in [2.24, 2.45) is 0 Å². The second kappa shape index (κ2) is 30.2. The number of carbonyl (C=O) groups excluding carboxylic acids is 4. The van der Waals surface area contributed by atoms with Gasteiger partial charge in [-0.25, -0.2) is 66.3 Å². The zero-order valence-electron chi connectivity index (χ0n) is 52.4. The Labute approximate surface area is 592 Å². The van der Waals surface area contributed by atoms with Gasteiger partial charge in [0.25, 0.3) is 0 Å². The molecule has 0 unspecified atom stereocenters. The molecule has 0 aliphatic rings. The van der Waals surface area contributed by atoms with Crippen molar-refractivity contribution in [3.63, 3.8) is 0 Å². The first kappa shape index (κ1) is 75.5. The number of ketones is 3. The van der Waals surface area contributed by atoms with E-state index in [1.807, 2.05) is 0 Å². The third kappa shape index (κ3) is 14.4. The summed E-state index contributed by atoms with van der Waals surface area (Å²) in [7, 11) is -4.36. The first-order valence-electron chi connectivity index (χ1n) is 29.3. The number of rotatable bonds is 21. The van der Waals surface area contributed by atoms with E-state index in [1.54, 1.807) is 36.4 Å². The molecule has 0 N–H and O–H groups in total. The summed E-state index contributed by atoms with van der Waals surface area (Å²) in [6, 6.07) is 34.1. The third-order valence-electron chi connectivity index (χ3n) is 15.2. The van der Waals surface area contributed by atoms with Crippen LogP contribution >= 0.6 is 45.6 Å². The predicted octanol–water partition coefficient (Wildman–Crippen LogP) is 23.6. The first-order valence-corrected chi connectivity index (χ1v) is 33.3. The largest absolute Gasteiger partial charge is 0.447 e. The lowest BCUT2D eigenvalue weighted by atomic mass is 9.95. The van der Waals surface area contributed by atoms with Gasteiger partial charge in [0.2, 0.25) is 116 Å². The van der Waals surface area contributed by atoms with Gasteiger partial charge in [-0.3, -0.25) is 14.4 Å². The SMILES string of the molecule is CC(=O)c1ccc(Sc2ccc(S(OC(=O)c3cc(Oc4c(F)c(F)c(F)c(F)c4F)c(Oc4c(F)c(F)c(F)c(F)c4F)c(Oc4c(F)c(F)c(F)c(F)c4F)c3-c3c(F)c(F)c(F)c(F)c3F)(c3ccc(Sc4ccc(C(C)=O)cc4)cc3)c3ccc(Sc4ccc(C(C)=O)cc4)cc3)cc2)cc1. The fraction of sp³-hybridized carbons (Fsp3) is 0.0411. The van der Waals surface area contributed by atoms with E-state index in [9.17, 15) is 27.6 Å². The number of hydrogen-bond acceptors (Lipinski definition) is 11. The van der Waals surface area contributed by atoms with E-state index in [0.29, 0.717) is 46.1 Å². The Morgan fingerprint density at radius 3 is 0.762 bits per heavy atom. The lowest BCUT2D eigenvalue weighted by Gasteiger charge is -2.40. The van der Waals surface area contributed by atoms with Crippen LogP contribution in [0.4, 0.5) is 87.8 Å². The maximum atomic E-state index is 17.1. The lowest BCUT2D eigenvalue weighted by molar-refractivity contribution is 0.0756. The zero-order valence-corrected chi connectivity index (χ0v) is 55.7. The average Bonchev–Trinajstić information content (AvgIpc) is 0.726. The maximum Gasteiger partial charge on any atom is 0.350 e. The highest BCUT2D eigenvalue weighted by molar-refractivity contribution is 8.30. The summed E-state index contributed by atoms with van der Waals surface area (Å²) >= 11 is 3.19. The predicted molar refractivity (Wildman–Crippen MR) is 339 cm³/mol. The quantitative estimate of drug-likeness (QED) is 0.0297. The highest BCUT2D eigenvalue weighted by Crippen LogP contribution is 2.70. The fourth-order valence-electron chi connectivity index (χ4n) is 9.95. The first-order chi connectivity index (χ1) is 49.7. The summed E-state index contributed by atoms with van der Waals surface area (Å²) < 4.78 is 336. The summed E-state index contributed by atoms with van der Waals surface area (Å²) in [5.41, 5.74) is -6.43. The van der Waals surface area contributed by atoms with Gasteiger partial charge in [0.1, 0.15) is 0 Å². The molecule has 0 spiro atoms. The average molecular weight is 1550 g/mol. The molecule has 105 heavy (non-hydrogen) atoms. The number of halogens is 20. The van der Waals surface area contributed by atoms with Gasteiger partial charge in [-0.15, -0.1) is 0 Å². The number of benzene rings is 11. The Kier molecular flexibility index (Phi) is 21.7. The van der Waals surface area contributed by atoms with Crippen LogP contribution in [0.1, 0.15) is 62.2 Å². The van der Waals surface area contributed by atoms with Gasteiger partial charge >= 0.3 is 5.97 Å². The van der Waals surface area contributed by atoms with E-state index in [-0.39, 0.29) is 32.0 Å². The molecule has 11 aromatic carbocycles. The standard InChI is InChI=1S/C73H34F20O8S4/c1-29(94)32-4-10-35(11-5-32)102-38-16-22-41(23-17-38)105(42-24-18-39(19-25-42)103-36-12-6-33(7-13-36)30(2)95,43-26-20-40(21-27-43)104-37-14-8-34(9-15-37)31(3)96)101-73(97)44-28-45(98-70-62(88)56(82)53(79)57(83)63(70)89)68(99-71-64(90)58(84)54(80)59(85)65(71)91)69(100-72-66(92)60(86)55(81)61(87)67(72)93)46(44)47-48(74)50(76)52(78)51(77)49(47)75/h4-28H,1-3H3.